The van der Waals surface area contributed by atoms with Gasteiger partial charge in [0.15, 0.2) is 6.10 Å². The van der Waals surface area contributed by atoms with Gasteiger partial charge in [-0.25, -0.2) is 9.18 Å². The van der Waals surface area contributed by atoms with E-state index in [2.05, 4.69) is 5.32 Å². The summed E-state index contributed by atoms with van der Waals surface area (Å²) in [4.78, 5) is 34.2. The van der Waals surface area contributed by atoms with Crippen LogP contribution in [-0.2, 0) is 9.53 Å². The first-order valence-electron chi connectivity index (χ1n) is 6.99. The third-order valence-corrected chi connectivity index (χ3v) is 3.48. The summed E-state index contributed by atoms with van der Waals surface area (Å²) in [5.41, 5.74) is -0.236. The van der Waals surface area contributed by atoms with Crippen LogP contribution in [0, 0.1) is 15.9 Å². The number of non-ortho nitro benzene ring substituents is 1. The van der Waals surface area contributed by atoms with Gasteiger partial charge in [-0.3, -0.25) is 14.9 Å². The lowest BCUT2D eigenvalue weighted by Gasteiger charge is -2.14. The van der Waals surface area contributed by atoms with Crippen molar-refractivity contribution in [1.29, 1.82) is 0 Å². The van der Waals surface area contributed by atoms with Crippen molar-refractivity contribution in [2.75, 3.05) is 5.32 Å². The fourth-order valence-electron chi connectivity index (χ4n) is 1.84. The van der Waals surface area contributed by atoms with Gasteiger partial charge in [-0.1, -0.05) is 11.6 Å². The van der Waals surface area contributed by atoms with Crippen LogP contribution in [0.4, 0.5) is 15.8 Å². The quantitative estimate of drug-likeness (QED) is 0.495. The standard InChI is InChI=1S/C16H12ClFN2O5/c1-9(15(21)19-11-4-2-10(18)3-5-11)25-16(22)13-8-12(20(23)24)6-7-14(13)17/h2-9H,1H3,(H,19,21)/t9-/m1/s1. The molecule has 0 fully saturated rings. The second kappa shape index (κ2) is 7.71. The minimum atomic E-state index is -1.20. The van der Waals surface area contributed by atoms with E-state index < -0.39 is 28.7 Å². The number of rotatable bonds is 5. The fourth-order valence-corrected chi connectivity index (χ4v) is 2.03. The molecule has 0 spiro atoms. The number of carbonyl (C=O) groups excluding carboxylic acids is 2. The number of nitrogens with one attached hydrogen (secondary N) is 1. The van der Waals surface area contributed by atoms with Gasteiger partial charge in [0.25, 0.3) is 11.6 Å². The number of nitro benzene ring substituents is 1. The maximum Gasteiger partial charge on any atom is 0.340 e. The highest BCUT2D eigenvalue weighted by molar-refractivity contribution is 6.33. The molecule has 2 aromatic rings. The van der Waals surface area contributed by atoms with Crippen LogP contribution in [0.25, 0.3) is 0 Å². The zero-order valence-corrected chi connectivity index (χ0v) is 13.6. The number of benzene rings is 2. The zero-order valence-electron chi connectivity index (χ0n) is 12.9. The maximum absolute atomic E-state index is 12.8. The minimum Gasteiger partial charge on any atom is -0.449 e. The van der Waals surface area contributed by atoms with Crippen molar-refractivity contribution < 1.29 is 23.6 Å². The van der Waals surface area contributed by atoms with E-state index in [1.54, 1.807) is 0 Å². The van der Waals surface area contributed by atoms with Gasteiger partial charge >= 0.3 is 5.97 Å². The van der Waals surface area contributed by atoms with Crippen LogP contribution in [-0.4, -0.2) is 22.9 Å². The Bertz CT molecular complexity index is 826. The molecule has 2 rings (SSSR count). The third-order valence-electron chi connectivity index (χ3n) is 3.15. The molecule has 0 radical (unpaired) electrons. The molecule has 0 bridgehead atoms. The molecule has 25 heavy (non-hydrogen) atoms. The van der Waals surface area contributed by atoms with E-state index in [-0.39, 0.29) is 16.3 Å². The van der Waals surface area contributed by atoms with Crippen LogP contribution in [0.1, 0.15) is 17.3 Å². The zero-order chi connectivity index (χ0) is 18.6. The first kappa shape index (κ1) is 18.3. The number of nitro groups is 1. The lowest BCUT2D eigenvalue weighted by Crippen LogP contribution is -2.30. The molecule has 0 aliphatic heterocycles. The molecular weight excluding hydrogens is 355 g/mol. The predicted octanol–water partition coefficient (Wildman–Crippen LogP) is 3.57. The van der Waals surface area contributed by atoms with E-state index in [9.17, 15) is 24.1 Å². The maximum atomic E-state index is 12.8. The highest BCUT2D eigenvalue weighted by Crippen LogP contribution is 2.23. The second-order valence-electron chi connectivity index (χ2n) is 4.96. The largest absolute Gasteiger partial charge is 0.449 e. The lowest BCUT2D eigenvalue weighted by atomic mass is 10.2. The fraction of sp³-hybridized carbons (Fsp3) is 0.125. The van der Waals surface area contributed by atoms with Gasteiger partial charge in [-0.2, -0.15) is 0 Å². The molecule has 9 heteroatoms. The molecule has 0 aliphatic carbocycles. The molecular formula is C16H12ClFN2O5. The topological polar surface area (TPSA) is 98.5 Å². The first-order valence-corrected chi connectivity index (χ1v) is 7.37. The van der Waals surface area contributed by atoms with Crippen molar-refractivity contribution in [1.82, 2.24) is 0 Å². The molecule has 130 valence electrons. The van der Waals surface area contributed by atoms with Crippen molar-refractivity contribution in [3.05, 3.63) is 69.0 Å². The number of anilines is 1. The van der Waals surface area contributed by atoms with Crippen LogP contribution < -0.4 is 5.32 Å². The Morgan fingerprint density at radius 2 is 1.88 bits per heavy atom. The summed E-state index contributed by atoms with van der Waals surface area (Å²) in [6.45, 7) is 1.32. The Morgan fingerprint density at radius 3 is 2.48 bits per heavy atom. The third kappa shape index (κ3) is 4.74. The molecule has 7 nitrogen and oxygen atoms in total. The average Bonchev–Trinajstić information content (AvgIpc) is 2.56. The van der Waals surface area contributed by atoms with Crippen LogP contribution in [0.3, 0.4) is 0 Å². The van der Waals surface area contributed by atoms with Gasteiger partial charge in [0.2, 0.25) is 0 Å². The normalized spacial score (nSPS) is 11.5. The summed E-state index contributed by atoms with van der Waals surface area (Å²) in [6.07, 6.45) is -1.20. The number of hydrogen-bond donors (Lipinski definition) is 1. The Balaban J connectivity index is 2.06. The molecule has 0 heterocycles. The van der Waals surface area contributed by atoms with E-state index in [0.717, 1.165) is 24.3 Å². The highest BCUT2D eigenvalue weighted by Gasteiger charge is 2.22. The number of esters is 1. The smallest absolute Gasteiger partial charge is 0.340 e. The van der Waals surface area contributed by atoms with E-state index >= 15 is 0 Å². The van der Waals surface area contributed by atoms with Crippen LogP contribution in [0.5, 0.6) is 0 Å². The Labute approximate surface area is 146 Å². The van der Waals surface area contributed by atoms with Crippen molar-refractivity contribution in [3.63, 3.8) is 0 Å². The highest BCUT2D eigenvalue weighted by atomic mass is 35.5. The molecule has 2 aromatic carbocycles. The van der Waals surface area contributed by atoms with Gasteiger partial charge in [0.1, 0.15) is 5.82 Å². The molecule has 0 aromatic heterocycles. The van der Waals surface area contributed by atoms with Gasteiger partial charge in [-0.15, -0.1) is 0 Å². The van der Waals surface area contributed by atoms with Gasteiger partial charge in [-0.05, 0) is 37.3 Å². The molecule has 0 saturated heterocycles. The SMILES string of the molecule is C[C@@H](OC(=O)c1cc([N+](=O)[O-])ccc1Cl)C(=O)Nc1ccc(F)cc1. The average molecular weight is 367 g/mol. The van der Waals surface area contributed by atoms with E-state index in [1.807, 2.05) is 0 Å². The van der Waals surface area contributed by atoms with E-state index in [4.69, 9.17) is 16.3 Å². The Morgan fingerprint density at radius 1 is 1.24 bits per heavy atom. The molecule has 0 saturated carbocycles. The number of carbonyl (C=O) groups is 2. The van der Waals surface area contributed by atoms with Crippen LogP contribution in [0.2, 0.25) is 5.02 Å². The minimum absolute atomic E-state index is 0.0401. The summed E-state index contributed by atoms with van der Waals surface area (Å²) >= 11 is 5.84. The number of amides is 1. The number of ether oxygens (including phenoxy) is 1. The summed E-state index contributed by atoms with van der Waals surface area (Å²) < 4.78 is 17.8. The number of hydrogen-bond acceptors (Lipinski definition) is 5. The first-order chi connectivity index (χ1) is 11.8. The Hall–Kier alpha value is -3.00. The van der Waals surface area contributed by atoms with Crippen molar-refractivity contribution in [3.8, 4) is 0 Å². The Kier molecular flexibility index (Phi) is 5.66. The second-order valence-corrected chi connectivity index (χ2v) is 5.37. The molecule has 0 unspecified atom stereocenters. The predicted molar refractivity (Wildman–Crippen MR) is 88.0 cm³/mol. The van der Waals surface area contributed by atoms with Crippen LogP contribution >= 0.6 is 11.6 Å². The van der Waals surface area contributed by atoms with E-state index in [1.165, 1.54) is 25.1 Å². The van der Waals surface area contributed by atoms with Crippen molar-refractivity contribution in [2.45, 2.75) is 13.0 Å². The van der Waals surface area contributed by atoms with Gasteiger partial charge in [0, 0.05) is 17.8 Å². The van der Waals surface area contributed by atoms with Gasteiger partial charge in [0.05, 0.1) is 15.5 Å². The molecule has 1 amide bonds. The number of nitrogens with zero attached hydrogens (tertiary/aromatic N) is 1. The lowest BCUT2D eigenvalue weighted by molar-refractivity contribution is -0.384. The monoisotopic (exact) mass is 366 g/mol. The van der Waals surface area contributed by atoms with Gasteiger partial charge < -0.3 is 10.1 Å². The summed E-state index contributed by atoms with van der Waals surface area (Å²) in [6, 6.07) is 8.32. The molecule has 1 atom stereocenters. The summed E-state index contributed by atoms with van der Waals surface area (Å²) in [5.74, 6) is -2.09. The number of halogens is 2. The molecule has 0 aliphatic rings. The van der Waals surface area contributed by atoms with Crippen molar-refractivity contribution in [2.24, 2.45) is 0 Å². The van der Waals surface area contributed by atoms with E-state index in [0.29, 0.717) is 5.69 Å². The summed E-state index contributed by atoms with van der Waals surface area (Å²) in [7, 11) is 0. The van der Waals surface area contributed by atoms with Crippen LogP contribution in [0.15, 0.2) is 42.5 Å². The van der Waals surface area contributed by atoms with Crippen molar-refractivity contribution >= 4 is 34.9 Å². The molecule has 1 N–H and O–H groups in total. The summed E-state index contributed by atoms with van der Waals surface area (Å²) in [5, 5.41) is 13.2.